The van der Waals surface area contributed by atoms with Gasteiger partial charge in [-0.15, -0.1) is 0 Å². The zero-order valence-electron chi connectivity index (χ0n) is 23.4. The van der Waals surface area contributed by atoms with Crippen molar-refractivity contribution in [3.05, 3.63) is 83.7 Å². The molecule has 1 unspecified atom stereocenters. The Morgan fingerprint density at radius 3 is 2.32 bits per heavy atom. The van der Waals surface area contributed by atoms with E-state index in [9.17, 15) is 40.3 Å². The van der Waals surface area contributed by atoms with Crippen LogP contribution in [0.25, 0.3) is 0 Å². The number of sulfone groups is 1. The Morgan fingerprint density at radius 2 is 1.77 bits per heavy atom. The molecule has 2 aromatic carbocycles. The van der Waals surface area contributed by atoms with Crippen LogP contribution in [-0.2, 0) is 20.8 Å². The summed E-state index contributed by atoms with van der Waals surface area (Å²) >= 11 is 0. The average molecular weight is 644 g/mol. The van der Waals surface area contributed by atoms with E-state index >= 15 is 0 Å². The number of hydrogen-bond acceptors (Lipinski definition) is 8. The van der Waals surface area contributed by atoms with Crippen LogP contribution in [0.4, 0.5) is 27.6 Å². The molecule has 2 heterocycles. The summed E-state index contributed by atoms with van der Waals surface area (Å²) in [5.74, 6) is -0.459. The molecule has 0 saturated carbocycles. The molecule has 238 valence electrons. The number of ether oxygens (including phenoxy) is 2. The van der Waals surface area contributed by atoms with E-state index in [0.717, 1.165) is 18.3 Å². The molecule has 0 spiro atoms. The third kappa shape index (κ3) is 8.21. The molecule has 1 aliphatic rings. The topological polar surface area (TPSA) is 118 Å². The van der Waals surface area contributed by atoms with Crippen LogP contribution in [0.1, 0.15) is 41.0 Å². The standard InChI is InChI=1S/C29H30F5N3O6S/c1-2-44(40,41)24-11-12-25(35-14-24)26(16-38)36-27(39)18-3-7-20(8-4-18)37-15-23(13-21(37)17-42-28(30)31)43-22-9-5-19(6-10-22)29(32,33)34/h3-12,14,21,23,26,28,38H,2,13,15-17H2,1H3,(H,36,39)/t21-,23+,26?/m0/s1. The van der Waals surface area contributed by atoms with Crippen molar-refractivity contribution >= 4 is 21.4 Å². The van der Waals surface area contributed by atoms with Gasteiger partial charge in [0, 0.05) is 23.9 Å². The van der Waals surface area contributed by atoms with Crippen LogP contribution in [0.15, 0.2) is 71.8 Å². The number of nitrogens with one attached hydrogen (secondary N) is 1. The number of rotatable bonds is 12. The highest BCUT2D eigenvalue weighted by molar-refractivity contribution is 7.91. The Labute approximate surface area is 250 Å². The number of alkyl halides is 5. The summed E-state index contributed by atoms with van der Waals surface area (Å²) in [4.78, 5) is 18.8. The van der Waals surface area contributed by atoms with Gasteiger partial charge >= 0.3 is 12.8 Å². The van der Waals surface area contributed by atoms with Gasteiger partial charge in [-0.05, 0) is 60.7 Å². The molecule has 9 nitrogen and oxygen atoms in total. The number of nitrogens with zero attached hydrogens (tertiary/aromatic N) is 2. The summed E-state index contributed by atoms with van der Waals surface area (Å²) in [6.07, 6.45) is -3.63. The van der Waals surface area contributed by atoms with E-state index in [-0.39, 0.29) is 47.2 Å². The minimum atomic E-state index is -4.50. The molecule has 15 heteroatoms. The molecule has 0 aliphatic carbocycles. The molecule has 1 aromatic heterocycles. The molecule has 1 amide bonds. The number of benzene rings is 2. The summed E-state index contributed by atoms with van der Waals surface area (Å²) in [5, 5.41) is 12.5. The fourth-order valence-electron chi connectivity index (χ4n) is 4.74. The van der Waals surface area contributed by atoms with E-state index in [1.165, 1.54) is 43.3 Å². The average Bonchev–Trinajstić information content (AvgIpc) is 3.41. The Balaban J connectivity index is 1.44. The second kappa shape index (κ2) is 13.9. The molecular formula is C29H30F5N3O6S. The van der Waals surface area contributed by atoms with Crippen LogP contribution in [0.5, 0.6) is 5.75 Å². The molecule has 3 atom stereocenters. The number of hydrogen-bond donors (Lipinski definition) is 2. The SMILES string of the molecule is CCS(=O)(=O)c1ccc(C(CO)NC(=O)c2ccc(N3C[C@H](Oc4ccc(C(F)(F)F)cc4)C[C@H]3COC(F)F)cc2)nc1. The smallest absolute Gasteiger partial charge is 0.416 e. The van der Waals surface area contributed by atoms with Crippen LogP contribution in [0.3, 0.4) is 0 Å². The second-order valence-electron chi connectivity index (χ2n) is 9.98. The Bertz CT molecular complexity index is 1500. The van der Waals surface area contributed by atoms with Crippen molar-refractivity contribution in [3.63, 3.8) is 0 Å². The van der Waals surface area contributed by atoms with Crippen LogP contribution in [0, 0.1) is 0 Å². The van der Waals surface area contributed by atoms with Gasteiger partial charge < -0.3 is 24.8 Å². The summed E-state index contributed by atoms with van der Waals surface area (Å²) in [6, 6.07) is 11.7. The molecule has 1 saturated heterocycles. The Morgan fingerprint density at radius 1 is 1.09 bits per heavy atom. The number of aromatic nitrogens is 1. The molecular weight excluding hydrogens is 613 g/mol. The highest BCUT2D eigenvalue weighted by Gasteiger charge is 2.35. The predicted molar refractivity (Wildman–Crippen MR) is 149 cm³/mol. The summed E-state index contributed by atoms with van der Waals surface area (Å²) in [6.45, 7) is -2.13. The van der Waals surface area contributed by atoms with Gasteiger partial charge in [-0.25, -0.2) is 8.42 Å². The maximum atomic E-state index is 12.9. The molecule has 1 fully saturated rings. The van der Waals surface area contributed by atoms with E-state index in [2.05, 4.69) is 15.0 Å². The number of carbonyl (C=O) groups is 1. The zero-order chi connectivity index (χ0) is 32.1. The molecule has 0 bridgehead atoms. The number of amides is 1. The summed E-state index contributed by atoms with van der Waals surface area (Å²) < 4.78 is 98.7. The Kier molecular flexibility index (Phi) is 10.4. The van der Waals surface area contributed by atoms with Gasteiger partial charge in [-0.3, -0.25) is 9.78 Å². The predicted octanol–water partition coefficient (Wildman–Crippen LogP) is 4.62. The van der Waals surface area contributed by atoms with Crippen molar-refractivity contribution in [2.45, 2.75) is 49.2 Å². The first-order valence-corrected chi connectivity index (χ1v) is 15.2. The largest absolute Gasteiger partial charge is 0.489 e. The van der Waals surface area contributed by atoms with Gasteiger partial charge in [-0.2, -0.15) is 22.0 Å². The van der Waals surface area contributed by atoms with Crippen molar-refractivity contribution in [2.24, 2.45) is 0 Å². The van der Waals surface area contributed by atoms with Gasteiger partial charge in [0.05, 0.1) is 53.7 Å². The normalized spacial score (nSPS) is 18.0. The van der Waals surface area contributed by atoms with Gasteiger partial charge in [0.1, 0.15) is 11.9 Å². The summed E-state index contributed by atoms with van der Waals surface area (Å²) in [5.41, 5.74) is 0.211. The lowest BCUT2D eigenvalue weighted by Crippen LogP contribution is -2.34. The number of pyridine rings is 1. The summed E-state index contributed by atoms with van der Waals surface area (Å²) in [7, 11) is -3.47. The van der Waals surface area contributed by atoms with Crippen LogP contribution >= 0.6 is 0 Å². The number of anilines is 1. The van der Waals surface area contributed by atoms with E-state index in [1.54, 1.807) is 17.0 Å². The lowest BCUT2D eigenvalue weighted by atomic mass is 10.1. The monoisotopic (exact) mass is 643 g/mol. The molecule has 3 aromatic rings. The Hall–Kier alpha value is -3.82. The number of aliphatic hydroxyl groups excluding tert-OH is 1. The molecule has 0 radical (unpaired) electrons. The number of carbonyl (C=O) groups excluding carboxylic acids is 1. The van der Waals surface area contributed by atoms with E-state index in [4.69, 9.17) is 4.74 Å². The first-order valence-electron chi connectivity index (χ1n) is 13.5. The van der Waals surface area contributed by atoms with Crippen LogP contribution < -0.4 is 15.0 Å². The van der Waals surface area contributed by atoms with Crippen LogP contribution in [-0.4, -0.2) is 68.7 Å². The number of halogens is 5. The first-order chi connectivity index (χ1) is 20.8. The lowest BCUT2D eigenvalue weighted by molar-refractivity contribution is -0.137. The van der Waals surface area contributed by atoms with Crippen molar-refractivity contribution in [2.75, 3.05) is 30.4 Å². The maximum absolute atomic E-state index is 12.9. The fraction of sp³-hybridized carbons (Fsp3) is 0.379. The zero-order valence-corrected chi connectivity index (χ0v) is 24.2. The molecule has 2 N–H and O–H groups in total. The van der Waals surface area contributed by atoms with Gasteiger partial charge in [-0.1, -0.05) is 6.92 Å². The highest BCUT2D eigenvalue weighted by atomic mass is 32.2. The van der Waals surface area contributed by atoms with Gasteiger partial charge in [0.15, 0.2) is 9.84 Å². The van der Waals surface area contributed by atoms with E-state index in [1.807, 2.05) is 0 Å². The van der Waals surface area contributed by atoms with E-state index in [0.29, 0.717) is 5.69 Å². The first kappa shape index (κ1) is 33.1. The van der Waals surface area contributed by atoms with E-state index < -0.39 is 58.9 Å². The maximum Gasteiger partial charge on any atom is 0.416 e. The fourth-order valence-corrected chi connectivity index (χ4v) is 5.56. The van der Waals surface area contributed by atoms with Gasteiger partial charge in [0.2, 0.25) is 0 Å². The van der Waals surface area contributed by atoms with Gasteiger partial charge in [0.25, 0.3) is 5.91 Å². The third-order valence-corrected chi connectivity index (χ3v) is 8.80. The molecule has 44 heavy (non-hydrogen) atoms. The van der Waals surface area contributed by atoms with Crippen molar-refractivity contribution in [1.29, 1.82) is 0 Å². The highest BCUT2D eigenvalue weighted by Crippen LogP contribution is 2.32. The van der Waals surface area contributed by atoms with Crippen molar-refractivity contribution in [3.8, 4) is 5.75 Å². The van der Waals surface area contributed by atoms with Crippen LogP contribution in [0.2, 0.25) is 0 Å². The van der Waals surface area contributed by atoms with Crippen molar-refractivity contribution in [1.82, 2.24) is 10.3 Å². The number of aliphatic hydroxyl groups is 1. The molecule has 1 aliphatic heterocycles. The minimum absolute atomic E-state index is 0.0218. The lowest BCUT2D eigenvalue weighted by Gasteiger charge is -2.26. The minimum Gasteiger partial charge on any atom is -0.489 e. The molecule has 4 rings (SSSR count). The quantitative estimate of drug-likeness (QED) is 0.275. The van der Waals surface area contributed by atoms with Crippen molar-refractivity contribution < 1.29 is 49.7 Å². The third-order valence-electron chi connectivity index (χ3n) is 7.08. The second-order valence-corrected chi connectivity index (χ2v) is 12.3.